The molecular weight excluding hydrogens is 206 g/mol. The maximum atomic E-state index is 6.09. The van der Waals surface area contributed by atoms with Crippen LogP contribution in [0.3, 0.4) is 0 Å². The zero-order chi connectivity index (χ0) is 10.5. The molecule has 1 aliphatic heterocycles. The lowest BCUT2D eigenvalue weighted by Gasteiger charge is -2.33. The Morgan fingerprint density at radius 2 is 1.73 bits per heavy atom. The Bertz CT molecular complexity index is 280. The van der Waals surface area contributed by atoms with Crippen LogP contribution in [0.4, 0.5) is 0 Å². The Balaban J connectivity index is 2.09. The summed E-state index contributed by atoms with van der Waals surface area (Å²) in [6.07, 6.45) is 4.01. The van der Waals surface area contributed by atoms with Crippen LogP contribution in [0.2, 0.25) is 0 Å². The van der Waals surface area contributed by atoms with E-state index in [1.807, 2.05) is 0 Å². The van der Waals surface area contributed by atoms with Crippen molar-refractivity contribution in [3.8, 4) is 0 Å². The number of likely N-dealkylation sites (tertiary alicyclic amines) is 1. The van der Waals surface area contributed by atoms with Gasteiger partial charge in [-0.3, -0.25) is 4.90 Å². The second kappa shape index (κ2) is 5.53. The van der Waals surface area contributed by atoms with Gasteiger partial charge in [0.15, 0.2) is 0 Å². The minimum absolute atomic E-state index is 0.410. The average Bonchev–Trinajstić information content (AvgIpc) is 2.33. The van der Waals surface area contributed by atoms with Gasteiger partial charge in [0.05, 0.1) is 0 Å². The van der Waals surface area contributed by atoms with E-state index in [0.29, 0.717) is 11.9 Å². The summed E-state index contributed by atoms with van der Waals surface area (Å²) in [6.45, 7) is 2.40. The molecule has 1 heterocycles. The minimum Gasteiger partial charge on any atom is -0.295 e. The fraction of sp³-hybridized carbons (Fsp3) is 0.538. The Morgan fingerprint density at radius 3 is 2.33 bits per heavy atom. The van der Waals surface area contributed by atoms with Crippen LogP contribution in [0.1, 0.15) is 30.9 Å². The van der Waals surface area contributed by atoms with Gasteiger partial charge in [0.25, 0.3) is 0 Å². The van der Waals surface area contributed by atoms with Gasteiger partial charge in [0.2, 0.25) is 0 Å². The smallest absolute Gasteiger partial charge is 0.0483 e. The van der Waals surface area contributed by atoms with E-state index < -0.39 is 0 Å². The third-order valence-electron chi connectivity index (χ3n) is 3.16. The van der Waals surface area contributed by atoms with Crippen molar-refractivity contribution in [1.29, 1.82) is 0 Å². The maximum Gasteiger partial charge on any atom is 0.0483 e. The molecule has 0 N–H and O–H groups in total. The number of halogens is 1. The van der Waals surface area contributed by atoms with Crippen molar-refractivity contribution in [2.75, 3.05) is 19.0 Å². The number of alkyl halides is 1. The van der Waals surface area contributed by atoms with Crippen LogP contribution in [0.15, 0.2) is 30.3 Å². The van der Waals surface area contributed by atoms with Gasteiger partial charge in [-0.25, -0.2) is 0 Å². The van der Waals surface area contributed by atoms with Crippen LogP contribution >= 0.6 is 11.6 Å². The number of hydrogen-bond acceptors (Lipinski definition) is 1. The normalized spacial score (nSPS) is 20.1. The van der Waals surface area contributed by atoms with Crippen molar-refractivity contribution < 1.29 is 0 Å². The highest BCUT2D eigenvalue weighted by Gasteiger charge is 2.20. The lowest BCUT2D eigenvalue weighted by molar-refractivity contribution is 0.177. The van der Waals surface area contributed by atoms with E-state index in [4.69, 9.17) is 11.6 Å². The van der Waals surface area contributed by atoms with Crippen LogP contribution in [-0.2, 0) is 0 Å². The molecule has 1 saturated heterocycles. The van der Waals surface area contributed by atoms with E-state index >= 15 is 0 Å². The second-order valence-corrected chi connectivity index (χ2v) is 4.49. The highest BCUT2D eigenvalue weighted by atomic mass is 35.5. The predicted octanol–water partition coefficient (Wildman–Crippen LogP) is 3.45. The van der Waals surface area contributed by atoms with Gasteiger partial charge in [-0.1, -0.05) is 36.8 Å². The van der Waals surface area contributed by atoms with Crippen molar-refractivity contribution in [2.45, 2.75) is 25.3 Å². The summed E-state index contributed by atoms with van der Waals surface area (Å²) >= 11 is 6.09. The molecule has 0 saturated carbocycles. The molecule has 0 radical (unpaired) electrons. The first-order chi connectivity index (χ1) is 7.42. The summed E-state index contributed by atoms with van der Waals surface area (Å²) in [4.78, 5) is 2.52. The van der Waals surface area contributed by atoms with Crippen LogP contribution in [0.25, 0.3) is 0 Å². The highest BCUT2D eigenvalue weighted by Crippen LogP contribution is 2.25. The molecule has 0 aliphatic carbocycles. The molecule has 2 rings (SSSR count). The van der Waals surface area contributed by atoms with Crippen LogP contribution in [0, 0.1) is 0 Å². The number of benzene rings is 1. The van der Waals surface area contributed by atoms with Gasteiger partial charge < -0.3 is 0 Å². The van der Waals surface area contributed by atoms with E-state index in [0.717, 1.165) is 0 Å². The molecule has 1 atom stereocenters. The van der Waals surface area contributed by atoms with Gasteiger partial charge in [-0.15, -0.1) is 11.6 Å². The minimum atomic E-state index is 0.410. The maximum absolute atomic E-state index is 6.09. The molecule has 1 unspecified atom stereocenters. The van der Waals surface area contributed by atoms with E-state index in [9.17, 15) is 0 Å². The predicted molar refractivity (Wildman–Crippen MR) is 65.3 cm³/mol. The zero-order valence-electron chi connectivity index (χ0n) is 9.03. The van der Waals surface area contributed by atoms with Gasteiger partial charge in [0, 0.05) is 11.9 Å². The molecule has 2 heteroatoms. The summed E-state index contributed by atoms with van der Waals surface area (Å²) in [5, 5.41) is 0. The average molecular weight is 224 g/mol. The van der Waals surface area contributed by atoms with Crippen molar-refractivity contribution in [3.63, 3.8) is 0 Å². The second-order valence-electron chi connectivity index (χ2n) is 4.18. The largest absolute Gasteiger partial charge is 0.295 e. The number of hydrogen-bond donors (Lipinski definition) is 0. The van der Waals surface area contributed by atoms with E-state index in [-0.39, 0.29) is 0 Å². The van der Waals surface area contributed by atoms with Gasteiger partial charge in [0.1, 0.15) is 0 Å². The molecule has 1 fully saturated rings. The monoisotopic (exact) mass is 223 g/mol. The molecule has 1 aromatic carbocycles. The Hall–Kier alpha value is -0.530. The summed E-state index contributed by atoms with van der Waals surface area (Å²) in [5.41, 5.74) is 1.36. The molecule has 1 nitrogen and oxygen atoms in total. The Morgan fingerprint density at radius 1 is 1.07 bits per heavy atom. The van der Waals surface area contributed by atoms with Crippen molar-refractivity contribution in [1.82, 2.24) is 4.90 Å². The molecule has 0 bridgehead atoms. The van der Waals surface area contributed by atoms with Crippen LogP contribution in [-0.4, -0.2) is 23.9 Å². The summed E-state index contributed by atoms with van der Waals surface area (Å²) in [5.74, 6) is 0.698. The molecule has 0 spiro atoms. The fourth-order valence-corrected chi connectivity index (χ4v) is 2.68. The summed E-state index contributed by atoms with van der Waals surface area (Å²) in [7, 11) is 0. The third-order valence-corrected chi connectivity index (χ3v) is 3.45. The Kier molecular flexibility index (Phi) is 4.04. The van der Waals surface area contributed by atoms with Gasteiger partial charge >= 0.3 is 0 Å². The lowest BCUT2D eigenvalue weighted by atomic mass is 10.0. The molecule has 82 valence electrons. The lowest BCUT2D eigenvalue weighted by Crippen LogP contribution is -2.34. The first kappa shape index (κ1) is 11.0. The Labute approximate surface area is 97.0 Å². The van der Waals surface area contributed by atoms with Crippen molar-refractivity contribution >= 4 is 11.6 Å². The molecule has 0 aromatic heterocycles. The highest BCUT2D eigenvalue weighted by molar-refractivity contribution is 6.18. The van der Waals surface area contributed by atoms with E-state index in [1.165, 1.54) is 37.9 Å². The number of rotatable bonds is 3. The summed E-state index contributed by atoms with van der Waals surface area (Å²) in [6, 6.07) is 11.0. The first-order valence-electron chi connectivity index (χ1n) is 5.77. The van der Waals surface area contributed by atoms with Gasteiger partial charge in [-0.2, -0.15) is 0 Å². The molecule has 0 amide bonds. The quantitative estimate of drug-likeness (QED) is 0.710. The summed E-state index contributed by atoms with van der Waals surface area (Å²) < 4.78 is 0. The SMILES string of the molecule is ClCC(c1ccccc1)N1CCCCC1. The van der Waals surface area contributed by atoms with Gasteiger partial charge in [-0.05, 0) is 31.5 Å². The molecule has 15 heavy (non-hydrogen) atoms. The van der Waals surface area contributed by atoms with Crippen molar-refractivity contribution in [3.05, 3.63) is 35.9 Å². The van der Waals surface area contributed by atoms with Crippen LogP contribution in [0.5, 0.6) is 0 Å². The zero-order valence-corrected chi connectivity index (χ0v) is 9.79. The van der Waals surface area contributed by atoms with E-state index in [2.05, 4.69) is 35.2 Å². The topological polar surface area (TPSA) is 3.24 Å². The number of piperidine rings is 1. The van der Waals surface area contributed by atoms with E-state index in [1.54, 1.807) is 0 Å². The molecular formula is C13H18ClN. The fourth-order valence-electron chi connectivity index (χ4n) is 2.30. The third kappa shape index (κ3) is 2.73. The van der Waals surface area contributed by atoms with Crippen molar-refractivity contribution in [2.24, 2.45) is 0 Å². The standard InChI is InChI=1S/C13H18ClN/c14-11-13(12-7-3-1-4-8-12)15-9-5-2-6-10-15/h1,3-4,7-8,13H,2,5-6,9-11H2. The molecule has 1 aliphatic rings. The molecule has 1 aromatic rings. The first-order valence-corrected chi connectivity index (χ1v) is 6.30. The van der Waals surface area contributed by atoms with Crippen LogP contribution < -0.4 is 0 Å². The number of nitrogens with zero attached hydrogens (tertiary/aromatic N) is 1.